The first-order valence-electron chi connectivity index (χ1n) is 4.16. The van der Waals surface area contributed by atoms with Crippen LogP contribution in [0.15, 0.2) is 18.2 Å². The molecule has 0 spiro atoms. The van der Waals surface area contributed by atoms with Gasteiger partial charge in [-0.15, -0.1) is 0 Å². The molecule has 0 aromatic heterocycles. The SMILES string of the molecule is O=C(O)c1cc(Cl)cc(NS(=O)(=O)C(F)(F)F)c1. The molecule has 1 aromatic rings. The number of nitrogens with one attached hydrogen (secondary N) is 1. The molecule has 1 aromatic carbocycles. The second kappa shape index (κ2) is 4.65. The van der Waals surface area contributed by atoms with E-state index < -0.39 is 32.8 Å². The van der Waals surface area contributed by atoms with Gasteiger partial charge in [-0.2, -0.15) is 21.6 Å². The second-order valence-corrected chi connectivity index (χ2v) is 5.20. The number of sulfonamides is 1. The normalized spacial score (nSPS) is 12.2. The Bertz CT molecular complexity index is 584. The molecule has 0 heterocycles. The van der Waals surface area contributed by atoms with Gasteiger partial charge in [-0.05, 0) is 18.2 Å². The lowest BCUT2D eigenvalue weighted by Crippen LogP contribution is -2.30. The van der Waals surface area contributed by atoms with Crippen molar-refractivity contribution in [3.05, 3.63) is 28.8 Å². The van der Waals surface area contributed by atoms with Crippen molar-refractivity contribution in [1.82, 2.24) is 0 Å². The van der Waals surface area contributed by atoms with Gasteiger partial charge in [0.15, 0.2) is 0 Å². The molecular weight excluding hydrogens is 299 g/mol. The number of carboxylic acid groups (broad SMARTS) is 1. The van der Waals surface area contributed by atoms with Gasteiger partial charge in [-0.1, -0.05) is 11.6 Å². The molecule has 0 aliphatic heterocycles. The van der Waals surface area contributed by atoms with Crippen molar-refractivity contribution in [2.75, 3.05) is 4.72 Å². The van der Waals surface area contributed by atoms with Crippen LogP contribution in [0.1, 0.15) is 10.4 Å². The van der Waals surface area contributed by atoms with E-state index in [1.807, 2.05) is 0 Å². The minimum atomic E-state index is -5.61. The van der Waals surface area contributed by atoms with Gasteiger partial charge in [0.1, 0.15) is 0 Å². The van der Waals surface area contributed by atoms with Crippen LogP contribution in [0.25, 0.3) is 0 Å². The van der Waals surface area contributed by atoms with Crippen LogP contribution >= 0.6 is 11.6 Å². The molecule has 0 fully saturated rings. The van der Waals surface area contributed by atoms with Crippen LogP contribution in [0.4, 0.5) is 18.9 Å². The van der Waals surface area contributed by atoms with Crippen LogP contribution in [-0.2, 0) is 10.0 Å². The summed E-state index contributed by atoms with van der Waals surface area (Å²) >= 11 is 5.46. The molecule has 0 amide bonds. The first-order chi connectivity index (χ1) is 8.03. The minimum Gasteiger partial charge on any atom is -0.478 e. The molecular formula is C8H5ClF3NO4S. The zero-order valence-corrected chi connectivity index (χ0v) is 9.90. The van der Waals surface area contributed by atoms with Gasteiger partial charge >= 0.3 is 21.5 Å². The molecule has 0 saturated heterocycles. The molecule has 10 heteroatoms. The molecule has 1 rings (SSSR count). The third kappa shape index (κ3) is 3.26. The molecule has 100 valence electrons. The fourth-order valence-electron chi connectivity index (χ4n) is 0.985. The first-order valence-corrected chi connectivity index (χ1v) is 6.02. The highest BCUT2D eigenvalue weighted by Gasteiger charge is 2.46. The van der Waals surface area contributed by atoms with Crippen LogP contribution in [0, 0.1) is 0 Å². The largest absolute Gasteiger partial charge is 0.516 e. The number of aromatic carboxylic acids is 1. The fraction of sp³-hybridized carbons (Fsp3) is 0.125. The Morgan fingerprint density at radius 3 is 2.28 bits per heavy atom. The zero-order valence-electron chi connectivity index (χ0n) is 8.32. The lowest BCUT2D eigenvalue weighted by atomic mass is 10.2. The van der Waals surface area contributed by atoms with E-state index in [1.54, 1.807) is 0 Å². The van der Waals surface area contributed by atoms with Gasteiger partial charge < -0.3 is 5.11 Å². The van der Waals surface area contributed by atoms with E-state index in [4.69, 9.17) is 16.7 Å². The number of rotatable bonds is 3. The van der Waals surface area contributed by atoms with Crippen molar-refractivity contribution in [1.29, 1.82) is 0 Å². The van der Waals surface area contributed by atoms with E-state index in [1.165, 1.54) is 4.72 Å². The summed E-state index contributed by atoms with van der Waals surface area (Å²) < 4.78 is 59.0. The smallest absolute Gasteiger partial charge is 0.478 e. The van der Waals surface area contributed by atoms with Crippen LogP contribution in [0.2, 0.25) is 5.02 Å². The van der Waals surface area contributed by atoms with Crippen molar-refractivity contribution in [3.63, 3.8) is 0 Å². The molecule has 18 heavy (non-hydrogen) atoms. The van der Waals surface area contributed by atoms with E-state index in [-0.39, 0.29) is 5.02 Å². The Morgan fingerprint density at radius 1 is 1.28 bits per heavy atom. The van der Waals surface area contributed by atoms with Crippen molar-refractivity contribution in [2.24, 2.45) is 0 Å². The van der Waals surface area contributed by atoms with Gasteiger partial charge in [0.25, 0.3) is 0 Å². The van der Waals surface area contributed by atoms with Crippen molar-refractivity contribution < 1.29 is 31.5 Å². The van der Waals surface area contributed by atoms with Crippen LogP contribution in [-0.4, -0.2) is 25.0 Å². The number of alkyl halides is 3. The van der Waals surface area contributed by atoms with E-state index in [0.29, 0.717) is 0 Å². The minimum absolute atomic E-state index is 0.213. The number of anilines is 1. The van der Waals surface area contributed by atoms with Gasteiger partial charge in [0.05, 0.1) is 11.3 Å². The fourth-order valence-corrected chi connectivity index (χ4v) is 1.76. The summed E-state index contributed by atoms with van der Waals surface area (Å²) in [5, 5.41) is 8.42. The van der Waals surface area contributed by atoms with E-state index in [2.05, 4.69) is 0 Å². The lowest BCUT2D eigenvalue weighted by molar-refractivity contribution is -0.0429. The van der Waals surface area contributed by atoms with Gasteiger partial charge in [-0.3, -0.25) is 4.72 Å². The third-order valence-corrected chi connectivity index (χ3v) is 3.03. The molecule has 0 unspecified atom stereocenters. The number of hydrogen-bond acceptors (Lipinski definition) is 3. The summed E-state index contributed by atoms with van der Waals surface area (Å²) in [7, 11) is -5.61. The summed E-state index contributed by atoms with van der Waals surface area (Å²) in [5.41, 5.74) is -6.53. The maximum absolute atomic E-state index is 12.1. The third-order valence-electron chi connectivity index (χ3n) is 1.70. The molecule has 0 radical (unpaired) electrons. The average molecular weight is 304 g/mol. The Hall–Kier alpha value is -1.48. The zero-order chi connectivity index (χ0) is 14.1. The Balaban J connectivity index is 3.17. The Labute approximate surface area is 104 Å². The number of carboxylic acids is 1. The second-order valence-electron chi connectivity index (χ2n) is 3.08. The maximum Gasteiger partial charge on any atom is 0.516 e. The Kier molecular flexibility index (Phi) is 3.77. The Morgan fingerprint density at radius 2 is 1.83 bits per heavy atom. The van der Waals surface area contributed by atoms with E-state index >= 15 is 0 Å². The van der Waals surface area contributed by atoms with Crippen LogP contribution < -0.4 is 4.72 Å². The topological polar surface area (TPSA) is 83.5 Å². The first kappa shape index (κ1) is 14.6. The molecule has 0 saturated carbocycles. The highest BCUT2D eigenvalue weighted by atomic mass is 35.5. The summed E-state index contributed by atoms with van der Waals surface area (Å²) in [5.74, 6) is -1.45. The monoisotopic (exact) mass is 303 g/mol. The van der Waals surface area contributed by atoms with Gasteiger partial charge in [0.2, 0.25) is 0 Å². The molecule has 5 nitrogen and oxygen atoms in total. The predicted molar refractivity (Wildman–Crippen MR) is 57.0 cm³/mol. The summed E-state index contributed by atoms with van der Waals surface area (Å²) in [6.07, 6.45) is 0. The quantitative estimate of drug-likeness (QED) is 0.897. The number of halogens is 4. The van der Waals surface area contributed by atoms with Crippen LogP contribution in [0.3, 0.4) is 0 Å². The van der Waals surface area contributed by atoms with E-state index in [0.717, 1.165) is 18.2 Å². The molecule has 2 N–H and O–H groups in total. The molecule has 0 atom stereocenters. The lowest BCUT2D eigenvalue weighted by Gasteiger charge is -2.11. The number of benzene rings is 1. The number of carbonyl (C=O) groups is 1. The summed E-state index contributed by atoms with van der Waals surface area (Å²) in [4.78, 5) is 10.6. The van der Waals surface area contributed by atoms with Crippen molar-refractivity contribution in [3.8, 4) is 0 Å². The predicted octanol–water partition coefficient (Wildman–Crippen LogP) is 2.30. The highest BCUT2D eigenvalue weighted by Crippen LogP contribution is 2.27. The summed E-state index contributed by atoms with van der Waals surface area (Å²) in [6, 6.07) is 2.55. The molecule has 0 aliphatic rings. The molecule has 0 aliphatic carbocycles. The van der Waals surface area contributed by atoms with Gasteiger partial charge in [-0.25, -0.2) is 4.79 Å². The van der Waals surface area contributed by atoms with Crippen LogP contribution in [0.5, 0.6) is 0 Å². The maximum atomic E-state index is 12.1. The van der Waals surface area contributed by atoms with E-state index in [9.17, 15) is 26.4 Å². The highest BCUT2D eigenvalue weighted by molar-refractivity contribution is 7.93. The van der Waals surface area contributed by atoms with Gasteiger partial charge in [0, 0.05) is 5.02 Å². The summed E-state index contributed by atoms with van der Waals surface area (Å²) in [6.45, 7) is 0. The molecule has 0 bridgehead atoms. The average Bonchev–Trinajstić information content (AvgIpc) is 2.13. The van der Waals surface area contributed by atoms with Crippen molar-refractivity contribution >= 4 is 33.3 Å². The number of hydrogen-bond donors (Lipinski definition) is 2. The standard InChI is InChI=1S/C8H5ClF3NO4S/c9-5-1-4(7(14)15)2-6(3-5)13-18(16,17)8(10,11)12/h1-3,13H,(H,14,15). The van der Waals surface area contributed by atoms with Crippen molar-refractivity contribution in [2.45, 2.75) is 5.51 Å².